The maximum Gasteiger partial charge on any atom is 0.264 e. The summed E-state index contributed by atoms with van der Waals surface area (Å²) in [5.74, 6) is 0.611. The zero-order valence-electron chi connectivity index (χ0n) is 18.8. The van der Waals surface area contributed by atoms with Crippen LogP contribution in [0.1, 0.15) is 32.2 Å². The Morgan fingerprint density at radius 1 is 1.13 bits per heavy atom. The van der Waals surface area contributed by atoms with E-state index < -0.39 is 0 Å². The van der Waals surface area contributed by atoms with Gasteiger partial charge in [0.1, 0.15) is 10.7 Å². The Bertz CT molecular complexity index is 1190. The quantitative estimate of drug-likeness (QED) is 0.677. The van der Waals surface area contributed by atoms with Gasteiger partial charge in [0.15, 0.2) is 0 Å². The number of carbonyl (C=O) groups excluding carboxylic acids is 1. The molecule has 4 rings (SSSR count). The van der Waals surface area contributed by atoms with Crippen LogP contribution < -0.4 is 10.5 Å². The molecule has 8 heteroatoms. The van der Waals surface area contributed by atoms with E-state index in [1.54, 1.807) is 0 Å². The Morgan fingerprint density at radius 3 is 2.52 bits per heavy atom. The summed E-state index contributed by atoms with van der Waals surface area (Å²) < 4.78 is 0. The third-order valence-corrected chi connectivity index (χ3v) is 7.17. The molecule has 31 heavy (non-hydrogen) atoms. The summed E-state index contributed by atoms with van der Waals surface area (Å²) in [6.07, 6.45) is 0. The second-order valence-electron chi connectivity index (χ2n) is 8.49. The van der Waals surface area contributed by atoms with Gasteiger partial charge in [-0.3, -0.25) is 9.59 Å². The van der Waals surface area contributed by atoms with E-state index in [2.05, 4.69) is 46.9 Å². The van der Waals surface area contributed by atoms with Crippen LogP contribution in [0.5, 0.6) is 0 Å². The number of carbonyl (C=O) groups is 1. The van der Waals surface area contributed by atoms with Crippen LogP contribution in [0.3, 0.4) is 0 Å². The minimum absolute atomic E-state index is 0.00493. The molecule has 1 aliphatic rings. The van der Waals surface area contributed by atoms with Gasteiger partial charge in [-0.05, 0) is 57.6 Å². The Morgan fingerprint density at radius 2 is 1.84 bits per heavy atom. The van der Waals surface area contributed by atoms with Gasteiger partial charge in [-0.1, -0.05) is 12.1 Å². The zero-order valence-corrected chi connectivity index (χ0v) is 19.6. The summed E-state index contributed by atoms with van der Waals surface area (Å²) >= 11 is 1.33. The molecule has 1 N–H and O–H groups in total. The number of nitrogens with one attached hydrogen (secondary N) is 1. The molecule has 0 bridgehead atoms. The van der Waals surface area contributed by atoms with Crippen molar-refractivity contribution in [3.05, 3.63) is 55.9 Å². The first-order valence-corrected chi connectivity index (χ1v) is 11.4. The van der Waals surface area contributed by atoms with E-state index in [0.29, 0.717) is 40.6 Å². The second-order valence-corrected chi connectivity index (χ2v) is 9.48. The summed E-state index contributed by atoms with van der Waals surface area (Å²) in [7, 11) is 3.85. The first kappa shape index (κ1) is 21.5. The van der Waals surface area contributed by atoms with E-state index in [-0.39, 0.29) is 11.5 Å². The van der Waals surface area contributed by atoms with Crippen molar-refractivity contribution >= 4 is 33.1 Å². The summed E-state index contributed by atoms with van der Waals surface area (Å²) in [5, 5.41) is 0.532. The number of thiophene rings is 1. The fraction of sp³-hybridized carbons (Fsp3) is 0.435. The van der Waals surface area contributed by atoms with Gasteiger partial charge < -0.3 is 19.7 Å². The van der Waals surface area contributed by atoms with E-state index in [4.69, 9.17) is 0 Å². The number of aromatic nitrogens is 2. The Hall–Kier alpha value is -2.71. The number of nitrogens with zero attached hydrogens (tertiary/aromatic N) is 4. The number of fused-ring (bicyclic) bond motifs is 1. The van der Waals surface area contributed by atoms with Gasteiger partial charge in [-0.25, -0.2) is 4.98 Å². The highest BCUT2D eigenvalue weighted by Crippen LogP contribution is 2.29. The van der Waals surface area contributed by atoms with Gasteiger partial charge in [-0.15, -0.1) is 11.3 Å². The number of H-pyrrole nitrogens is 1. The molecule has 3 aromatic rings. The molecule has 0 saturated carbocycles. The van der Waals surface area contributed by atoms with Crippen LogP contribution in [0.4, 0.5) is 5.69 Å². The van der Waals surface area contributed by atoms with Gasteiger partial charge in [0, 0.05) is 31.9 Å². The highest BCUT2D eigenvalue weighted by molar-refractivity contribution is 7.20. The summed E-state index contributed by atoms with van der Waals surface area (Å²) in [6, 6.07) is 6.37. The standard InChI is InChI=1S/C23H29N5O2S/c1-14-7-6-8-17(15(14)2)27-9-11-28(12-10-27)23(30)20-16(3)19-21(29)24-18(13-26(4)5)25-22(19)31-20/h6-8H,9-13H2,1-5H3,(H,24,25,29). The van der Waals surface area contributed by atoms with E-state index in [0.717, 1.165) is 18.7 Å². The Balaban J connectivity index is 1.55. The van der Waals surface area contributed by atoms with Crippen LogP contribution in [-0.4, -0.2) is 65.9 Å². The number of anilines is 1. The second kappa shape index (κ2) is 8.43. The number of piperazine rings is 1. The highest BCUT2D eigenvalue weighted by atomic mass is 32.1. The van der Waals surface area contributed by atoms with Crippen LogP contribution in [0.15, 0.2) is 23.0 Å². The van der Waals surface area contributed by atoms with Crippen molar-refractivity contribution < 1.29 is 4.79 Å². The zero-order chi connectivity index (χ0) is 22.3. The molecular weight excluding hydrogens is 410 g/mol. The van der Waals surface area contributed by atoms with E-state index in [9.17, 15) is 9.59 Å². The van der Waals surface area contributed by atoms with Crippen LogP contribution in [0.2, 0.25) is 0 Å². The Kier molecular flexibility index (Phi) is 5.85. The molecule has 1 aromatic carbocycles. The van der Waals surface area contributed by atoms with Gasteiger partial charge >= 0.3 is 0 Å². The number of aryl methyl sites for hydroxylation is 2. The molecule has 0 unspecified atom stereocenters. The number of benzene rings is 1. The molecule has 1 amide bonds. The third-order valence-electron chi connectivity index (χ3n) is 5.99. The predicted octanol–water partition coefficient (Wildman–Crippen LogP) is 2.93. The van der Waals surface area contributed by atoms with Crippen molar-refractivity contribution in [3.8, 4) is 0 Å². The number of rotatable bonds is 4. The van der Waals surface area contributed by atoms with Gasteiger partial charge in [-0.2, -0.15) is 0 Å². The lowest BCUT2D eigenvalue weighted by Gasteiger charge is -2.37. The van der Waals surface area contributed by atoms with Crippen molar-refractivity contribution in [2.45, 2.75) is 27.3 Å². The molecule has 0 spiro atoms. The van der Waals surface area contributed by atoms with Crippen molar-refractivity contribution in [1.29, 1.82) is 0 Å². The SMILES string of the molecule is Cc1cccc(N2CCN(C(=O)c3sc4nc(CN(C)C)[nH]c(=O)c4c3C)CC2)c1C. The molecule has 1 aliphatic heterocycles. The average Bonchev–Trinajstić information content (AvgIpc) is 3.06. The minimum atomic E-state index is -0.172. The highest BCUT2D eigenvalue weighted by Gasteiger charge is 2.27. The normalized spacial score (nSPS) is 14.6. The third kappa shape index (κ3) is 4.09. The first-order valence-electron chi connectivity index (χ1n) is 10.5. The fourth-order valence-electron chi connectivity index (χ4n) is 4.14. The van der Waals surface area contributed by atoms with Crippen LogP contribution in [0.25, 0.3) is 10.2 Å². The summed E-state index contributed by atoms with van der Waals surface area (Å²) in [6.45, 7) is 9.59. The Labute approximate surface area is 186 Å². The molecule has 3 heterocycles. The summed E-state index contributed by atoms with van der Waals surface area (Å²) in [4.78, 5) is 40.8. The first-order chi connectivity index (χ1) is 14.8. The largest absolute Gasteiger partial charge is 0.368 e. The summed E-state index contributed by atoms with van der Waals surface area (Å²) in [5.41, 5.74) is 4.38. The maximum absolute atomic E-state index is 13.3. The number of hydrogen-bond acceptors (Lipinski definition) is 6. The maximum atomic E-state index is 13.3. The molecule has 0 aliphatic carbocycles. The lowest BCUT2D eigenvalue weighted by Crippen LogP contribution is -2.49. The number of amides is 1. The van der Waals surface area contributed by atoms with Crippen LogP contribution >= 0.6 is 11.3 Å². The van der Waals surface area contributed by atoms with Crippen molar-refractivity contribution in [1.82, 2.24) is 19.8 Å². The van der Waals surface area contributed by atoms with Gasteiger partial charge in [0.05, 0.1) is 16.8 Å². The lowest BCUT2D eigenvalue weighted by molar-refractivity contribution is 0.0751. The minimum Gasteiger partial charge on any atom is -0.368 e. The van der Waals surface area contributed by atoms with Gasteiger partial charge in [0.2, 0.25) is 0 Å². The number of aromatic amines is 1. The smallest absolute Gasteiger partial charge is 0.264 e. The predicted molar refractivity (Wildman–Crippen MR) is 126 cm³/mol. The monoisotopic (exact) mass is 439 g/mol. The van der Waals surface area contributed by atoms with Gasteiger partial charge in [0.25, 0.3) is 11.5 Å². The average molecular weight is 440 g/mol. The molecule has 2 aromatic heterocycles. The topological polar surface area (TPSA) is 72.5 Å². The van der Waals surface area contributed by atoms with E-state index in [1.165, 1.54) is 28.2 Å². The molecule has 0 radical (unpaired) electrons. The molecule has 164 valence electrons. The fourth-order valence-corrected chi connectivity index (χ4v) is 5.31. The van der Waals surface area contributed by atoms with E-state index in [1.807, 2.05) is 30.8 Å². The van der Waals surface area contributed by atoms with Crippen molar-refractivity contribution in [2.75, 3.05) is 45.2 Å². The van der Waals surface area contributed by atoms with Crippen molar-refractivity contribution in [2.24, 2.45) is 0 Å². The lowest BCUT2D eigenvalue weighted by atomic mass is 10.1. The molecular formula is C23H29N5O2S. The molecule has 1 fully saturated rings. The van der Waals surface area contributed by atoms with Crippen LogP contribution in [0, 0.1) is 20.8 Å². The molecule has 7 nitrogen and oxygen atoms in total. The molecule has 0 atom stereocenters. The van der Waals surface area contributed by atoms with E-state index >= 15 is 0 Å². The van der Waals surface area contributed by atoms with Crippen LogP contribution in [-0.2, 0) is 6.54 Å². The van der Waals surface area contributed by atoms with Crippen molar-refractivity contribution in [3.63, 3.8) is 0 Å². The molecule has 1 saturated heterocycles. The number of hydrogen-bond donors (Lipinski definition) is 1.